The number of halogens is 1. The zero-order valence-electron chi connectivity index (χ0n) is 10.2. The molecule has 0 unspecified atom stereocenters. The van der Waals surface area contributed by atoms with Gasteiger partial charge in [-0.25, -0.2) is 0 Å². The summed E-state index contributed by atoms with van der Waals surface area (Å²) in [6.07, 6.45) is 5.59. The fourth-order valence-electron chi connectivity index (χ4n) is 1.30. The molecule has 100 valence electrons. The number of carbonyl (C=O) groups excluding carboxylic acids is 1. The summed E-state index contributed by atoms with van der Waals surface area (Å²) >= 11 is 5.88. The molecule has 0 aromatic carbocycles. The van der Waals surface area contributed by atoms with Crippen LogP contribution in [0.15, 0.2) is 37.0 Å². The molecule has 0 aliphatic carbocycles. The molecule has 0 atom stereocenters. The molecular formula is C12H14ClN5O. The lowest BCUT2D eigenvalue weighted by atomic mass is 10.2. The van der Waals surface area contributed by atoms with Gasteiger partial charge in [0, 0.05) is 6.54 Å². The Kier molecular flexibility index (Phi) is 5.56. The van der Waals surface area contributed by atoms with Crippen LogP contribution in [0.3, 0.4) is 0 Å². The molecule has 0 saturated carbocycles. The van der Waals surface area contributed by atoms with E-state index in [1.165, 1.54) is 0 Å². The number of nitrogens with one attached hydrogen (secondary N) is 2. The van der Waals surface area contributed by atoms with E-state index in [0.717, 1.165) is 5.57 Å². The molecule has 0 fully saturated rings. The Labute approximate surface area is 116 Å². The van der Waals surface area contributed by atoms with Gasteiger partial charge in [-0.3, -0.25) is 4.79 Å². The number of allylic oxidation sites excluding steroid dienone is 2. The van der Waals surface area contributed by atoms with E-state index in [-0.39, 0.29) is 16.8 Å². The van der Waals surface area contributed by atoms with Gasteiger partial charge in [-0.2, -0.15) is 9.97 Å². The van der Waals surface area contributed by atoms with Crippen molar-refractivity contribution < 1.29 is 4.79 Å². The summed E-state index contributed by atoms with van der Waals surface area (Å²) in [7, 11) is 0. The number of nitrogens with two attached hydrogens (primary N) is 1. The van der Waals surface area contributed by atoms with Gasteiger partial charge in [0.15, 0.2) is 11.0 Å². The molecule has 0 spiro atoms. The van der Waals surface area contributed by atoms with Crippen molar-refractivity contribution in [3.63, 3.8) is 0 Å². The Morgan fingerprint density at radius 1 is 1.42 bits per heavy atom. The van der Waals surface area contributed by atoms with Crippen LogP contribution in [-0.2, 0) is 4.79 Å². The molecule has 0 radical (unpaired) electrons. The molecule has 0 saturated heterocycles. The van der Waals surface area contributed by atoms with Crippen molar-refractivity contribution in [1.29, 1.82) is 0 Å². The highest BCUT2D eigenvalue weighted by Crippen LogP contribution is 2.27. The van der Waals surface area contributed by atoms with Crippen molar-refractivity contribution in [2.75, 3.05) is 22.9 Å². The normalized spacial score (nSPS) is 10.7. The SMILES string of the molecule is C=C/C=C(\C=C)CNc1nc(N)nc(Cl)c1NC=O. The van der Waals surface area contributed by atoms with E-state index in [4.69, 9.17) is 17.3 Å². The lowest BCUT2D eigenvalue weighted by Crippen LogP contribution is -2.11. The summed E-state index contributed by atoms with van der Waals surface area (Å²) in [5.41, 5.74) is 6.67. The van der Waals surface area contributed by atoms with Gasteiger partial charge in [0.05, 0.1) is 0 Å². The monoisotopic (exact) mass is 279 g/mol. The number of amides is 1. The first-order chi connectivity index (χ1) is 9.12. The predicted octanol–water partition coefficient (Wildman–Crippen LogP) is 1.99. The lowest BCUT2D eigenvalue weighted by molar-refractivity contribution is -0.105. The van der Waals surface area contributed by atoms with E-state index in [1.54, 1.807) is 18.2 Å². The topological polar surface area (TPSA) is 92.9 Å². The maximum atomic E-state index is 10.5. The summed E-state index contributed by atoms with van der Waals surface area (Å²) in [5, 5.41) is 5.48. The fraction of sp³-hybridized carbons (Fsp3) is 0.0833. The van der Waals surface area contributed by atoms with E-state index in [9.17, 15) is 4.79 Å². The number of hydrogen-bond donors (Lipinski definition) is 3. The molecular weight excluding hydrogens is 266 g/mol. The third kappa shape index (κ3) is 4.11. The van der Waals surface area contributed by atoms with Crippen molar-refractivity contribution in [1.82, 2.24) is 9.97 Å². The third-order valence-corrected chi connectivity index (χ3v) is 2.41. The van der Waals surface area contributed by atoms with Gasteiger partial charge in [0.1, 0.15) is 5.69 Å². The van der Waals surface area contributed by atoms with Crippen LogP contribution in [0.5, 0.6) is 0 Å². The zero-order valence-corrected chi connectivity index (χ0v) is 10.9. The number of carbonyl (C=O) groups is 1. The van der Waals surface area contributed by atoms with E-state index >= 15 is 0 Å². The van der Waals surface area contributed by atoms with Crippen molar-refractivity contribution in [2.45, 2.75) is 0 Å². The number of aromatic nitrogens is 2. The fourth-order valence-corrected chi connectivity index (χ4v) is 1.53. The first kappa shape index (κ1) is 14.7. The molecule has 0 aliphatic heterocycles. The molecule has 1 aromatic heterocycles. The number of nitrogens with zero attached hydrogens (tertiary/aromatic N) is 2. The minimum Gasteiger partial charge on any atom is -0.368 e. The highest BCUT2D eigenvalue weighted by atomic mass is 35.5. The van der Waals surface area contributed by atoms with Crippen LogP contribution < -0.4 is 16.4 Å². The van der Waals surface area contributed by atoms with Gasteiger partial charge in [-0.15, -0.1) is 0 Å². The Bertz CT molecular complexity index is 527. The van der Waals surface area contributed by atoms with Crippen molar-refractivity contribution in [3.05, 3.63) is 42.1 Å². The standard InChI is InChI=1S/C12H14ClN5O/c1-3-5-8(4-2)6-15-11-9(16-7-19)10(13)17-12(14)18-11/h3-5,7H,1-2,6H2,(H,16,19)(H3,14,15,17,18)/b8-5+. The summed E-state index contributed by atoms with van der Waals surface area (Å²) in [6, 6.07) is 0. The van der Waals surface area contributed by atoms with Crippen LogP contribution in [0.1, 0.15) is 0 Å². The highest BCUT2D eigenvalue weighted by molar-refractivity contribution is 6.33. The van der Waals surface area contributed by atoms with E-state index in [0.29, 0.717) is 18.8 Å². The Hall–Kier alpha value is -2.34. The number of hydrogen-bond acceptors (Lipinski definition) is 5. The second-order valence-electron chi connectivity index (χ2n) is 3.39. The Balaban J connectivity index is 2.99. The quantitative estimate of drug-likeness (QED) is 0.403. The molecule has 19 heavy (non-hydrogen) atoms. The second kappa shape index (κ2) is 7.17. The lowest BCUT2D eigenvalue weighted by Gasteiger charge is -2.12. The number of rotatable bonds is 7. The largest absolute Gasteiger partial charge is 0.368 e. The van der Waals surface area contributed by atoms with Crippen LogP contribution in [0.2, 0.25) is 5.15 Å². The van der Waals surface area contributed by atoms with Crippen LogP contribution in [-0.4, -0.2) is 22.9 Å². The third-order valence-electron chi connectivity index (χ3n) is 2.14. The first-order valence-corrected chi connectivity index (χ1v) is 5.71. The van der Waals surface area contributed by atoms with Crippen molar-refractivity contribution in [2.24, 2.45) is 0 Å². The minimum absolute atomic E-state index is 0.0109. The van der Waals surface area contributed by atoms with Crippen LogP contribution in [0.4, 0.5) is 17.5 Å². The summed E-state index contributed by atoms with van der Waals surface area (Å²) in [5.74, 6) is 0.346. The molecule has 1 aromatic rings. The van der Waals surface area contributed by atoms with E-state index in [2.05, 4.69) is 33.8 Å². The molecule has 1 rings (SSSR count). The smallest absolute Gasteiger partial charge is 0.223 e. The molecule has 1 heterocycles. The molecule has 0 aliphatic rings. The Morgan fingerprint density at radius 3 is 2.74 bits per heavy atom. The molecule has 1 amide bonds. The molecule has 4 N–H and O–H groups in total. The number of anilines is 3. The molecule has 6 nitrogen and oxygen atoms in total. The van der Waals surface area contributed by atoms with Gasteiger partial charge in [-0.05, 0) is 5.57 Å². The van der Waals surface area contributed by atoms with Gasteiger partial charge in [0.2, 0.25) is 12.4 Å². The average Bonchev–Trinajstić information content (AvgIpc) is 2.38. The minimum atomic E-state index is 0.0109. The van der Waals surface area contributed by atoms with Gasteiger partial charge in [0.25, 0.3) is 0 Å². The highest BCUT2D eigenvalue weighted by Gasteiger charge is 2.11. The van der Waals surface area contributed by atoms with Crippen molar-refractivity contribution >= 4 is 35.5 Å². The van der Waals surface area contributed by atoms with Crippen LogP contribution in [0.25, 0.3) is 0 Å². The second-order valence-corrected chi connectivity index (χ2v) is 3.75. The van der Waals surface area contributed by atoms with Crippen LogP contribution in [0, 0.1) is 0 Å². The Morgan fingerprint density at radius 2 is 2.16 bits per heavy atom. The molecule has 7 heteroatoms. The summed E-state index contributed by atoms with van der Waals surface area (Å²) < 4.78 is 0. The van der Waals surface area contributed by atoms with Crippen molar-refractivity contribution in [3.8, 4) is 0 Å². The average molecular weight is 280 g/mol. The van der Waals surface area contributed by atoms with Gasteiger partial charge < -0.3 is 16.4 Å². The first-order valence-electron chi connectivity index (χ1n) is 5.33. The zero-order chi connectivity index (χ0) is 14.3. The van der Waals surface area contributed by atoms with Gasteiger partial charge in [-0.1, -0.05) is 43.0 Å². The van der Waals surface area contributed by atoms with Crippen LogP contribution >= 0.6 is 11.6 Å². The van der Waals surface area contributed by atoms with Gasteiger partial charge >= 0.3 is 0 Å². The number of nitrogen functional groups attached to an aromatic ring is 1. The predicted molar refractivity (Wildman–Crippen MR) is 78.1 cm³/mol. The van der Waals surface area contributed by atoms with E-state index in [1.807, 2.05) is 0 Å². The summed E-state index contributed by atoms with van der Waals surface area (Å²) in [4.78, 5) is 18.3. The maximum Gasteiger partial charge on any atom is 0.223 e. The molecule has 0 bridgehead atoms. The summed E-state index contributed by atoms with van der Waals surface area (Å²) in [6.45, 7) is 7.70. The van der Waals surface area contributed by atoms with E-state index < -0.39 is 0 Å². The maximum absolute atomic E-state index is 10.5.